The van der Waals surface area contributed by atoms with Crippen molar-refractivity contribution in [3.8, 4) is 11.5 Å². The van der Waals surface area contributed by atoms with Gasteiger partial charge in [0.1, 0.15) is 24.1 Å². The molecule has 2 amide bonds. The third-order valence-corrected chi connectivity index (χ3v) is 9.19. The molecule has 1 N–H and O–H groups in total. The standard InChI is InChI=1S/C36H41N3O6S/c1-26(2)37-36(41)33(23-28-13-7-6-8-14-28)38(24-29-15-11-12-27(3)22-29)35(40)25-39(32-16-9-10-17-34(32)45-5)46(42,43)31-20-18-30(44-4)19-21-31/h6-22,26,33H,23-25H2,1-5H3,(H,37,41)/t33-/m1/s1. The van der Waals surface area contributed by atoms with E-state index in [1.54, 1.807) is 36.4 Å². The van der Waals surface area contributed by atoms with Crippen molar-refractivity contribution in [1.29, 1.82) is 0 Å². The number of amides is 2. The molecule has 1 atom stereocenters. The van der Waals surface area contributed by atoms with Gasteiger partial charge in [-0.15, -0.1) is 0 Å². The van der Waals surface area contributed by atoms with Gasteiger partial charge in [-0.1, -0.05) is 72.3 Å². The number of rotatable bonds is 14. The van der Waals surface area contributed by atoms with E-state index in [0.717, 1.165) is 21.0 Å². The second-order valence-electron chi connectivity index (χ2n) is 11.2. The molecule has 242 valence electrons. The molecule has 0 aliphatic carbocycles. The first-order valence-corrected chi connectivity index (χ1v) is 16.5. The van der Waals surface area contributed by atoms with Gasteiger partial charge in [0, 0.05) is 19.0 Å². The van der Waals surface area contributed by atoms with Crippen LogP contribution in [-0.2, 0) is 32.6 Å². The van der Waals surface area contributed by atoms with Gasteiger partial charge in [0.25, 0.3) is 10.0 Å². The quantitative estimate of drug-likeness (QED) is 0.198. The van der Waals surface area contributed by atoms with E-state index in [1.165, 1.54) is 31.3 Å². The molecule has 0 fully saturated rings. The number of nitrogens with zero attached hydrogens (tertiary/aromatic N) is 2. The average Bonchev–Trinajstić information content (AvgIpc) is 3.05. The maximum atomic E-state index is 14.6. The lowest BCUT2D eigenvalue weighted by Gasteiger charge is -2.34. The number of nitrogens with one attached hydrogen (secondary N) is 1. The zero-order valence-corrected chi connectivity index (χ0v) is 27.7. The Morgan fingerprint density at radius 3 is 2.09 bits per heavy atom. The van der Waals surface area contributed by atoms with E-state index >= 15 is 0 Å². The SMILES string of the molecule is COc1ccc(S(=O)(=O)N(CC(=O)N(Cc2cccc(C)c2)[C@H](Cc2ccccc2)C(=O)NC(C)C)c2ccccc2OC)cc1. The molecular weight excluding hydrogens is 602 g/mol. The van der Waals surface area contributed by atoms with E-state index < -0.39 is 28.5 Å². The van der Waals surface area contributed by atoms with Crippen LogP contribution in [0.2, 0.25) is 0 Å². The van der Waals surface area contributed by atoms with Crippen molar-refractivity contribution in [3.05, 3.63) is 120 Å². The molecule has 0 saturated carbocycles. The number of ether oxygens (including phenoxy) is 2. The number of anilines is 1. The molecule has 0 unspecified atom stereocenters. The summed E-state index contributed by atoms with van der Waals surface area (Å²) in [6.45, 7) is 5.17. The van der Waals surface area contributed by atoms with Crippen LogP contribution < -0.4 is 19.1 Å². The van der Waals surface area contributed by atoms with Crippen molar-refractivity contribution in [2.75, 3.05) is 25.1 Å². The van der Waals surface area contributed by atoms with E-state index in [-0.39, 0.29) is 41.2 Å². The smallest absolute Gasteiger partial charge is 0.264 e. The van der Waals surface area contributed by atoms with E-state index in [2.05, 4.69) is 5.32 Å². The summed E-state index contributed by atoms with van der Waals surface area (Å²) < 4.78 is 40.4. The van der Waals surface area contributed by atoms with Gasteiger partial charge in [-0.05, 0) is 68.3 Å². The van der Waals surface area contributed by atoms with Crippen LogP contribution in [0.25, 0.3) is 0 Å². The van der Waals surface area contributed by atoms with Crippen LogP contribution in [0.3, 0.4) is 0 Å². The van der Waals surface area contributed by atoms with Crippen LogP contribution in [0.4, 0.5) is 5.69 Å². The minimum absolute atomic E-state index is 0.0318. The van der Waals surface area contributed by atoms with Gasteiger partial charge in [0.2, 0.25) is 11.8 Å². The maximum absolute atomic E-state index is 14.6. The summed E-state index contributed by atoms with van der Waals surface area (Å²) in [6.07, 6.45) is 0.233. The molecular formula is C36H41N3O6S. The molecule has 0 bridgehead atoms. The summed E-state index contributed by atoms with van der Waals surface area (Å²) in [5.74, 6) is -0.120. The molecule has 4 rings (SSSR count). The molecule has 4 aromatic rings. The Kier molecular flexibility index (Phi) is 11.4. The molecule has 9 nitrogen and oxygen atoms in total. The molecule has 0 heterocycles. The molecule has 46 heavy (non-hydrogen) atoms. The molecule has 10 heteroatoms. The number of sulfonamides is 1. The van der Waals surface area contributed by atoms with Crippen LogP contribution in [0.15, 0.2) is 108 Å². The Morgan fingerprint density at radius 1 is 0.804 bits per heavy atom. The summed E-state index contributed by atoms with van der Waals surface area (Å²) in [5.41, 5.74) is 2.86. The lowest BCUT2D eigenvalue weighted by atomic mass is 10.0. The summed E-state index contributed by atoms with van der Waals surface area (Å²) in [5, 5.41) is 2.97. The summed E-state index contributed by atoms with van der Waals surface area (Å²) >= 11 is 0. The van der Waals surface area contributed by atoms with Gasteiger partial charge in [0.15, 0.2) is 0 Å². The van der Waals surface area contributed by atoms with Crippen LogP contribution in [0.1, 0.15) is 30.5 Å². The zero-order chi connectivity index (χ0) is 33.3. The normalized spacial score (nSPS) is 11.9. The van der Waals surface area contributed by atoms with Crippen molar-refractivity contribution >= 4 is 27.5 Å². The van der Waals surface area contributed by atoms with Crippen molar-refractivity contribution in [1.82, 2.24) is 10.2 Å². The molecule has 0 aliphatic heterocycles. The second-order valence-corrected chi connectivity index (χ2v) is 13.1. The summed E-state index contributed by atoms with van der Waals surface area (Å²) in [7, 11) is -1.36. The van der Waals surface area contributed by atoms with Gasteiger partial charge < -0.3 is 19.7 Å². The van der Waals surface area contributed by atoms with Crippen LogP contribution in [0.5, 0.6) is 11.5 Å². The summed E-state index contributed by atoms with van der Waals surface area (Å²) in [6, 6.07) is 28.6. The number of carbonyl (C=O) groups is 2. The zero-order valence-electron chi connectivity index (χ0n) is 26.8. The van der Waals surface area contributed by atoms with E-state index in [1.807, 2.05) is 75.4 Å². The average molecular weight is 644 g/mol. The Hall–Kier alpha value is -4.83. The molecule has 0 spiro atoms. The molecule has 0 saturated heterocycles. The lowest BCUT2D eigenvalue weighted by molar-refractivity contribution is -0.140. The fraction of sp³-hybridized carbons (Fsp3) is 0.278. The number of methoxy groups -OCH3 is 2. The van der Waals surface area contributed by atoms with Crippen molar-refractivity contribution in [3.63, 3.8) is 0 Å². The molecule has 0 aromatic heterocycles. The predicted molar refractivity (Wildman–Crippen MR) is 179 cm³/mol. The van der Waals surface area contributed by atoms with Gasteiger partial charge in [-0.25, -0.2) is 8.42 Å². The van der Waals surface area contributed by atoms with Crippen molar-refractivity contribution in [2.24, 2.45) is 0 Å². The number of hydrogen-bond donors (Lipinski definition) is 1. The number of para-hydroxylation sites is 2. The molecule has 0 radical (unpaired) electrons. The highest BCUT2D eigenvalue weighted by molar-refractivity contribution is 7.92. The fourth-order valence-corrected chi connectivity index (χ4v) is 6.59. The molecule has 0 aliphatic rings. The monoisotopic (exact) mass is 643 g/mol. The van der Waals surface area contributed by atoms with Crippen molar-refractivity contribution < 1.29 is 27.5 Å². The van der Waals surface area contributed by atoms with E-state index in [9.17, 15) is 18.0 Å². The Balaban J connectivity index is 1.83. The topological polar surface area (TPSA) is 105 Å². The predicted octanol–water partition coefficient (Wildman–Crippen LogP) is 5.37. The number of benzene rings is 4. The number of aryl methyl sites for hydroxylation is 1. The van der Waals surface area contributed by atoms with E-state index in [4.69, 9.17) is 9.47 Å². The first-order chi connectivity index (χ1) is 22.0. The highest BCUT2D eigenvalue weighted by atomic mass is 32.2. The van der Waals surface area contributed by atoms with Crippen molar-refractivity contribution in [2.45, 2.75) is 50.7 Å². The Morgan fingerprint density at radius 2 is 1.46 bits per heavy atom. The first kappa shape index (κ1) is 34.1. The largest absolute Gasteiger partial charge is 0.497 e. The lowest BCUT2D eigenvalue weighted by Crippen LogP contribution is -2.54. The van der Waals surface area contributed by atoms with Gasteiger partial charge in [-0.3, -0.25) is 13.9 Å². The van der Waals surface area contributed by atoms with Gasteiger partial charge in [0.05, 0.1) is 24.8 Å². The number of carbonyl (C=O) groups excluding carboxylic acids is 2. The summed E-state index contributed by atoms with van der Waals surface area (Å²) in [4.78, 5) is 29.9. The molecule has 4 aromatic carbocycles. The number of hydrogen-bond acceptors (Lipinski definition) is 6. The Labute approximate surface area is 271 Å². The van der Waals surface area contributed by atoms with Crippen LogP contribution in [0, 0.1) is 6.92 Å². The minimum Gasteiger partial charge on any atom is -0.497 e. The second kappa shape index (κ2) is 15.4. The first-order valence-electron chi connectivity index (χ1n) is 15.0. The third-order valence-electron chi connectivity index (χ3n) is 7.42. The third kappa shape index (κ3) is 8.45. The Bertz CT molecular complexity index is 1730. The minimum atomic E-state index is -4.29. The van der Waals surface area contributed by atoms with Gasteiger partial charge in [-0.2, -0.15) is 0 Å². The van der Waals surface area contributed by atoms with E-state index in [0.29, 0.717) is 5.75 Å². The highest BCUT2D eigenvalue weighted by Gasteiger charge is 2.35. The maximum Gasteiger partial charge on any atom is 0.264 e. The van der Waals surface area contributed by atoms with Crippen LogP contribution in [-0.4, -0.2) is 58.0 Å². The fourth-order valence-electron chi connectivity index (χ4n) is 5.17. The highest BCUT2D eigenvalue weighted by Crippen LogP contribution is 2.33. The van der Waals surface area contributed by atoms with Gasteiger partial charge >= 0.3 is 0 Å². The van der Waals surface area contributed by atoms with Crippen LogP contribution >= 0.6 is 0 Å².